The molecule has 0 spiro atoms. The monoisotopic (exact) mass is 265 g/mol. The summed E-state index contributed by atoms with van der Waals surface area (Å²) in [7, 11) is 0. The van der Waals surface area contributed by atoms with Gasteiger partial charge in [0, 0.05) is 17.5 Å². The molecule has 3 N–H and O–H groups in total. The van der Waals surface area contributed by atoms with Crippen LogP contribution in [0.25, 0.3) is 0 Å². The molecular formula is C11H15N5O3. The fraction of sp³-hybridized carbons (Fsp3) is 0.545. The third-order valence-electron chi connectivity index (χ3n) is 3.41. The van der Waals surface area contributed by atoms with E-state index in [9.17, 15) is 14.9 Å². The highest BCUT2D eigenvalue weighted by Gasteiger charge is 2.51. The lowest BCUT2D eigenvalue weighted by molar-refractivity contribution is -0.533. The summed E-state index contributed by atoms with van der Waals surface area (Å²) in [5.41, 5.74) is 4.52. The molecule has 1 aliphatic rings. The smallest absolute Gasteiger partial charge is 0.252 e. The second kappa shape index (κ2) is 5.27. The SMILES string of the molecule is NC1(C(=O)Nc2ccncn2)CCCCC1[N+](=O)[O-]. The molecule has 0 bridgehead atoms. The minimum atomic E-state index is -1.48. The van der Waals surface area contributed by atoms with Gasteiger partial charge in [0.2, 0.25) is 6.04 Å². The minimum absolute atomic E-state index is 0.289. The molecule has 0 saturated heterocycles. The molecule has 1 aliphatic carbocycles. The lowest BCUT2D eigenvalue weighted by Gasteiger charge is -2.33. The summed E-state index contributed by atoms with van der Waals surface area (Å²) in [6.07, 6.45) is 4.79. The van der Waals surface area contributed by atoms with Gasteiger partial charge in [0.1, 0.15) is 12.1 Å². The van der Waals surface area contributed by atoms with Crippen LogP contribution in [0.3, 0.4) is 0 Å². The molecule has 1 aromatic heterocycles. The Morgan fingerprint density at radius 2 is 2.37 bits per heavy atom. The van der Waals surface area contributed by atoms with Crippen molar-refractivity contribution in [2.45, 2.75) is 37.3 Å². The van der Waals surface area contributed by atoms with Crippen LogP contribution in [0.1, 0.15) is 25.7 Å². The van der Waals surface area contributed by atoms with Crippen LogP contribution >= 0.6 is 0 Å². The first-order valence-corrected chi connectivity index (χ1v) is 6.04. The highest BCUT2D eigenvalue weighted by atomic mass is 16.6. The fourth-order valence-electron chi connectivity index (χ4n) is 2.34. The van der Waals surface area contributed by atoms with E-state index in [2.05, 4.69) is 15.3 Å². The molecule has 1 amide bonds. The van der Waals surface area contributed by atoms with Crippen molar-refractivity contribution in [2.24, 2.45) is 5.73 Å². The van der Waals surface area contributed by atoms with Crippen molar-refractivity contribution in [1.29, 1.82) is 0 Å². The molecule has 8 heteroatoms. The Kier molecular flexibility index (Phi) is 3.70. The Labute approximate surface area is 109 Å². The number of aromatic nitrogens is 2. The highest BCUT2D eigenvalue weighted by molar-refractivity contribution is 5.97. The molecule has 102 valence electrons. The van der Waals surface area contributed by atoms with E-state index in [1.807, 2.05) is 0 Å². The average molecular weight is 265 g/mol. The highest BCUT2D eigenvalue weighted by Crippen LogP contribution is 2.29. The Morgan fingerprint density at radius 3 is 3.00 bits per heavy atom. The van der Waals surface area contributed by atoms with Gasteiger partial charge in [-0.15, -0.1) is 0 Å². The van der Waals surface area contributed by atoms with E-state index in [1.54, 1.807) is 0 Å². The van der Waals surface area contributed by atoms with Gasteiger partial charge < -0.3 is 11.1 Å². The standard InChI is InChI=1S/C11H15N5O3/c12-11(5-2-1-3-8(11)16(18)19)10(17)15-9-4-6-13-7-14-9/h4,6-8H,1-3,5,12H2,(H,13,14,15,17). The van der Waals surface area contributed by atoms with Gasteiger partial charge in [-0.3, -0.25) is 14.9 Å². The molecular weight excluding hydrogens is 250 g/mol. The van der Waals surface area contributed by atoms with Gasteiger partial charge in [0.25, 0.3) is 5.91 Å². The normalized spacial score (nSPS) is 26.7. The van der Waals surface area contributed by atoms with Crippen LogP contribution in [0.4, 0.5) is 5.82 Å². The van der Waals surface area contributed by atoms with E-state index in [1.165, 1.54) is 18.6 Å². The van der Waals surface area contributed by atoms with Crippen molar-refractivity contribution in [3.05, 3.63) is 28.7 Å². The Bertz CT molecular complexity index is 480. The number of nitrogens with zero attached hydrogens (tertiary/aromatic N) is 3. The predicted octanol–water partition coefficient (Wildman–Crippen LogP) is 0.332. The summed E-state index contributed by atoms with van der Waals surface area (Å²) in [4.78, 5) is 30.4. The first-order chi connectivity index (χ1) is 9.04. The number of anilines is 1. The van der Waals surface area contributed by atoms with Crippen molar-refractivity contribution < 1.29 is 9.72 Å². The number of nitrogens with two attached hydrogens (primary N) is 1. The van der Waals surface area contributed by atoms with Gasteiger partial charge in [-0.1, -0.05) is 6.42 Å². The molecule has 1 heterocycles. The molecule has 1 fully saturated rings. The van der Waals surface area contributed by atoms with Crippen LogP contribution in [0, 0.1) is 10.1 Å². The zero-order valence-corrected chi connectivity index (χ0v) is 10.3. The maximum atomic E-state index is 12.2. The van der Waals surface area contributed by atoms with Gasteiger partial charge >= 0.3 is 0 Å². The molecule has 1 saturated carbocycles. The largest absolute Gasteiger partial charge is 0.312 e. The zero-order chi connectivity index (χ0) is 13.9. The van der Waals surface area contributed by atoms with Gasteiger partial charge in [0.15, 0.2) is 5.54 Å². The van der Waals surface area contributed by atoms with E-state index < -0.39 is 22.4 Å². The molecule has 19 heavy (non-hydrogen) atoms. The first kappa shape index (κ1) is 13.3. The molecule has 0 radical (unpaired) electrons. The van der Waals surface area contributed by atoms with Crippen LogP contribution < -0.4 is 11.1 Å². The van der Waals surface area contributed by atoms with Crippen molar-refractivity contribution in [1.82, 2.24) is 9.97 Å². The number of rotatable bonds is 3. The van der Waals surface area contributed by atoms with Crippen molar-refractivity contribution in [3.8, 4) is 0 Å². The average Bonchev–Trinajstić information content (AvgIpc) is 2.40. The van der Waals surface area contributed by atoms with E-state index >= 15 is 0 Å². The first-order valence-electron chi connectivity index (χ1n) is 6.04. The third kappa shape index (κ3) is 2.68. The van der Waals surface area contributed by atoms with Crippen molar-refractivity contribution in [2.75, 3.05) is 5.32 Å². The number of hydrogen-bond acceptors (Lipinski definition) is 6. The number of carbonyl (C=O) groups excluding carboxylic acids is 1. The number of carbonyl (C=O) groups is 1. The number of nitro groups is 1. The Balaban J connectivity index is 2.17. The number of amides is 1. The van der Waals surface area contributed by atoms with Gasteiger partial charge in [0.05, 0.1) is 0 Å². The number of hydrogen-bond donors (Lipinski definition) is 2. The van der Waals surface area contributed by atoms with E-state index in [0.717, 1.165) is 0 Å². The summed E-state index contributed by atoms with van der Waals surface area (Å²) in [6.45, 7) is 0. The van der Waals surface area contributed by atoms with Gasteiger partial charge in [-0.2, -0.15) is 0 Å². The molecule has 2 rings (SSSR count). The van der Waals surface area contributed by atoms with E-state index in [4.69, 9.17) is 5.73 Å². The summed E-state index contributed by atoms with van der Waals surface area (Å²) in [5.74, 6) is -0.273. The molecule has 2 atom stereocenters. The maximum Gasteiger partial charge on any atom is 0.252 e. The second-order valence-electron chi connectivity index (χ2n) is 4.64. The van der Waals surface area contributed by atoms with E-state index in [0.29, 0.717) is 25.7 Å². The summed E-state index contributed by atoms with van der Waals surface area (Å²) < 4.78 is 0. The molecule has 1 aromatic rings. The zero-order valence-electron chi connectivity index (χ0n) is 10.3. The Morgan fingerprint density at radius 1 is 1.58 bits per heavy atom. The van der Waals surface area contributed by atoms with Gasteiger partial charge in [-0.25, -0.2) is 9.97 Å². The molecule has 8 nitrogen and oxygen atoms in total. The van der Waals surface area contributed by atoms with Crippen LogP contribution in [0.15, 0.2) is 18.6 Å². The second-order valence-corrected chi connectivity index (χ2v) is 4.64. The topological polar surface area (TPSA) is 124 Å². The summed E-state index contributed by atoms with van der Waals surface area (Å²) in [6, 6.07) is 0.453. The summed E-state index contributed by atoms with van der Waals surface area (Å²) >= 11 is 0. The molecule has 2 unspecified atom stereocenters. The molecule has 0 aliphatic heterocycles. The maximum absolute atomic E-state index is 12.2. The predicted molar refractivity (Wildman–Crippen MR) is 66.8 cm³/mol. The molecule has 0 aromatic carbocycles. The lowest BCUT2D eigenvalue weighted by atomic mass is 9.77. The van der Waals surface area contributed by atoms with Crippen LogP contribution in [0.2, 0.25) is 0 Å². The van der Waals surface area contributed by atoms with Crippen LogP contribution in [0.5, 0.6) is 0 Å². The van der Waals surface area contributed by atoms with E-state index in [-0.39, 0.29) is 5.82 Å². The van der Waals surface area contributed by atoms with Crippen LogP contribution in [-0.2, 0) is 4.79 Å². The third-order valence-corrected chi connectivity index (χ3v) is 3.41. The number of nitrogens with one attached hydrogen (secondary N) is 1. The lowest BCUT2D eigenvalue weighted by Crippen LogP contribution is -2.63. The van der Waals surface area contributed by atoms with Gasteiger partial charge in [-0.05, 0) is 18.9 Å². The van der Waals surface area contributed by atoms with Crippen molar-refractivity contribution >= 4 is 11.7 Å². The Hall–Kier alpha value is -2.09. The fourth-order valence-corrected chi connectivity index (χ4v) is 2.34. The van der Waals surface area contributed by atoms with Crippen molar-refractivity contribution in [3.63, 3.8) is 0 Å². The summed E-state index contributed by atoms with van der Waals surface area (Å²) in [5, 5.41) is 13.6. The quantitative estimate of drug-likeness (QED) is 0.599. The van der Waals surface area contributed by atoms with Crippen LogP contribution in [-0.4, -0.2) is 32.4 Å². The minimum Gasteiger partial charge on any atom is -0.312 e.